The van der Waals surface area contributed by atoms with Crippen LogP contribution in [0.15, 0.2) is 91.0 Å². The molecule has 0 saturated carbocycles. The summed E-state index contributed by atoms with van der Waals surface area (Å²) in [5, 5.41) is 44.3. The third-order valence-corrected chi connectivity index (χ3v) is 8.54. The van der Waals surface area contributed by atoms with Crippen LogP contribution in [0, 0.1) is 3.70 Å². The number of Topliss-reactive ketones (excluding diaryl/α,β-unsaturated/α-hetero) is 3. The van der Waals surface area contributed by atoms with Crippen LogP contribution in [0.25, 0.3) is 11.0 Å². The summed E-state index contributed by atoms with van der Waals surface area (Å²) in [5.74, 6) is -4.19. The predicted molar refractivity (Wildman–Crippen MR) is 165 cm³/mol. The number of nitrogen functional groups attached to an aromatic ring is 1. The maximum atomic E-state index is 14.3. The average Bonchev–Trinajstić information content (AvgIpc) is 3.58. The highest BCUT2D eigenvalue weighted by molar-refractivity contribution is 14.1. The Hall–Kier alpha value is -4.41. The predicted octanol–water partition coefficient (Wildman–Crippen LogP) is 2.24. The summed E-state index contributed by atoms with van der Waals surface area (Å²) in [5.41, 5.74) is -3.38. The summed E-state index contributed by atoms with van der Waals surface area (Å²) in [6, 6.07) is 22.3. The quantitative estimate of drug-likeness (QED) is 0.117. The third-order valence-electron chi connectivity index (χ3n) is 7.76. The van der Waals surface area contributed by atoms with Crippen LogP contribution in [0.4, 0.5) is 5.82 Å². The molecule has 4 atom stereocenters. The van der Waals surface area contributed by atoms with E-state index in [4.69, 9.17) is 10.5 Å². The van der Waals surface area contributed by atoms with E-state index < -0.39 is 52.7 Å². The van der Waals surface area contributed by atoms with Gasteiger partial charge in [0.2, 0.25) is 17.2 Å². The third kappa shape index (κ3) is 4.35. The maximum Gasteiger partial charge on any atom is 0.217 e. The zero-order chi connectivity index (χ0) is 31.3. The molecule has 6 N–H and O–H groups in total. The molecule has 0 radical (unpaired) electrons. The Labute approximate surface area is 263 Å². The fourth-order valence-corrected chi connectivity index (χ4v) is 6.13. The number of nitrogens with one attached hydrogen (secondary N) is 1. The molecule has 0 aliphatic carbocycles. The smallest absolute Gasteiger partial charge is 0.217 e. The number of aromatic amines is 1. The van der Waals surface area contributed by atoms with Gasteiger partial charge in [-0.25, -0.2) is 9.97 Å². The van der Waals surface area contributed by atoms with Crippen molar-refractivity contribution in [3.05, 3.63) is 117 Å². The number of anilines is 1. The van der Waals surface area contributed by atoms with Gasteiger partial charge in [0.15, 0.2) is 28.5 Å². The lowest BCUT2D eigenvalue weighted by Crippen LogP contribution is -2.70. The average molecular weight is 705 g/mol. The van der Waals surface area contributed by atoms with Crippen molar-refractivity contribution in [2.75, 3.05) is 12.3 Å². The lowest BCUT2D eigenvalue weighted by atomic mass is 9.67. The number of hydrogen-bond acceptors (Lipinski definition) is 11. The lowest BCUT2D eigenvalue weighted by Gasteiger charge is -2.41. The molecule has 3 aromatic carbocycles. The van der Waals surface area contributed by atoms with E-state index >= 15 is 0 Å². The summed E-state index contributed by atoms with van der Waals surface area (Å²) < 4.78 is 6.31. The Kier molecular flexibility index (Phi) is 7.37. The Morgan fingerprint density at radius 2 is 1.39 bits per heavy atom. The molecule has 1 unspecified atom stereocenters. The molecule has 1 aliphatic rings. The highest BCUT2D eigenvalue weighted by Crippen LogP contribution is 2.48. The van der Waals surface area contributed by atoms with Crippen LogP contribution < -0.4 is 5.73 Å². The van der Waals surface area contributed by atoms with Crippen molar-refractivity contribution in [3.63, 3.8) is 0 Å². The molecule has 1 saturated heterocycles. The number of halogens is 1. The molecule has 1 fully saturated rings. The van der Waals surface area contributed by atoms with Crippen LogP contribution in [0.1, 0.15) is 36.9 Å². The molecule has 2 aromatic heterocycles. The summed E-state index contributed by atoms with van der Waals surface area (Å²) in [4.78, 5) is 51.1. The van der Waals surface area contributed by atoms with Gasteiger partial charge in [0.25, 0.3) is 0 Å². The molecule has 0 amide bonds. The van der Waals surface area contributed by atoms with E-state index in [0.29, 0.717) is 9.09 Å². The van der Waals surface area contributed by atoms with Crippen molar-refractivity contribution in [1.82, 2.24) is 20.2 Å². The van der Waals surface area contributed by atoms with Gasteiger partial charge in [-0.15, -0.1) is 0 Å². The zero-order valence-corrected chi connectivity index (χ0v) is 24.9. The van der Waals surface area contributed by atoms with E-state index in [9.17, 15) is 29.7 Å². The number of aliphatic hydroxyl groups is 3. The number of fused-ring (bicyclic) bond motifs is 1. The second kappa shape index (κ2) is 10.9. The number of carbonyl (C=O) groups is 3. The number of ether oxygens (including phenoxy) is 1. The number of ketones is 3. The van der Waals surface area contributed by atoms with Gasteiger partial charge in [-0.1, -0.05) is 91.0 Å². The van der Waals surface area contributed by atoms with Crippen molar-refractivity contribution in [2.45, 2.75) is 22.9 Å². The van der Waals surface area contributed by atoms with E-state index in [-0.39, 0.29) is 28.2 Å². The first-order valence-electron chi connectivity index (χ1n) is 13.3. The van der Waals surface area contributed by atoms with Crippen LogP contribution >= 0.6 is 22.6 Å². The van der Waals surface area contributed by atoms with Crippen LogP contribution in [0.3, 0.4) is 0 Å². The van der Waals surface area contributed by atoms with E-state index in [1.165, 1.54) is 72.8 Å². The Morgan fingerprint density at radius 3 is 1.95 bits per heavy atom. The Balaban J connectivity index is 1.63. The van der Waals surface area contributed by atoms with E-state index in [2.05, 4.69) is 20.2 Å². The van der Waals surface area contributed by atoms with Crippen LogP contribution in [-0.4, -0.2) is 76.7 Å². The molecular weight excluding hydrogens is 681 g/mol. The molecule has 0 bridgehead atoms. The van der Waals surface area contributed by atoms with E-state index in [1.54, 1.807) is 18.2 Å². The normalized spacial score (nSPS) is 22.9. The van der Waals surface area contributed by atoms with Gasteiger partial charge in [-0.3, -0.25) is 19.5 Å². The van der Waals surface area contributed by atoms with E-state index in [1.807, 2.05) is 22.6 Å². The number of hydrogen-bond donors (Lipinski definition) is 5. The van der Waals surface area contributed by atoms with Crippen molar-refractivity contribution in [1.29, 1.82) is 0 Å². The minimum absolute atomic E-state index is 0.0252. The molecule has 3 heterocycles. The highest BCUT2D eigenvalue weighted by Gasteiger charge is 2.75. The van der Waals surface area contributed by atoms with Crippen molar-refractivity contribution >= 4 is 56.8 Å². The van der Waals surface area contributed by atoms with Crippen molar-refractivity contribution in [3.8, 4) is 0 Å². The summed E-state index contributed by atoms with van der Waals surface area (Å²) >= 11 is 1.92. The molecule has 5 aromatic rings. The summed E-state index contributed by atoms with van der Waals surface area (Å²) in [7, 11) is 0. The minimum atomic E-state index is -3.26. The summed E-state index contributed by atoms with van der Waals surface area (Å²) in [6.45, 7) is -0.969. The van der Waals surface area contributed by atoms with Gasteiger partial charge < -0.3 is 25.8 Å². The maximum absolute atomic E-state index is 14.3. The minimum Gasteiger partial charge on any atom is -0.383 e. The van der Waals surface area contributed by atoms with Gasteiger partial charge in [0, 0.05) is 16.7 Å². The Bertz CT molecular complexity index is 1910. The highest BCUT2D eigenvalue weighted by atomic mass is 127. The van der Waals surface area contributed by atoms with Gasteiger partial charge in [-0.05, 0) is 22.6 Å². The molecule has 12 nitrogen and oxygen atoms in total. The van der Waals surface area contributed by atoms with Gasteiger partial charge >= 0.3 is 0 Å². The molecule has 44 heavy (non-hydrogen) atoms. The SMILES string of the molecule is Nc1nc(C(O)(C(=O)c2ccccc2)[C@H]2OC[C@@](O)(C(=O)c3ccccc3)[C@@]2(O)C(=O)c2ccccc2)nc2n[nH]c(I)c12. The standard InChI is InChI=1S/C31H24IN5O7/c32-24-20-25(33)34-28(35-26(20)37-36-24)30(42,22(39)18-12-6-2-7-13-18)27-31(43,23(40)19-14-8-3-9-15-19)29(41,16-44-27)21(38)17-10-4-1-5-11-17/h1-15,27,41-43H,16H2,(H3,33,34,35,36,37)/t27-,29-,30?,31-/m1/s1. The van der Waals surface area contributed by atoms with Crippen LogP contribution in [0.2, 0.25) is 0 Å². The lowest BCUT2D eigenvalue weighted by molar-refractivity contribution is -0.141. The largest absolute Gasteiger partial charge is 0.383 e. The fourth-order valence-electron chi connectivity index (χ4n) is 5.49. The number of nitrogens with zero attached hydrogens (tertiary/aromatic N) is 3. The number of nitrogens with two attached hydrogens (primary N) is 1. The zero-order valence-electron chi connectivity index (χ0n) is 22.7. The molecule has 6 rings (SSSR count). The number of benzene rings is 3. The van der Waals surface area contributed by atoms with E-state index in [0.717, 1.165) is 0 Å². The number of H-pyrrole nitrogens is 1. The van der Waals surface area contributed by atoms with Crippen LogP contribution in [0.5, 0.6) is 0 Å². The fraction of sp³-hybridized carbons (Fsp3) is 0.161. The van der Waals surface area contributed by atoms with Gasteiger partial charge in [0.1, 0.15) is 15.6 Å². The summed E-state index contributed by atoms with van der Waals surface area (Å²) in [6.07, 6.45) is -2.32. The molecule has 0 spiro atoms. The molecule has 1 aliphatic heterocycles. The van der Waals surface area contributed by atoms with Crippen molar-refractivity contribution in [2.24, 2.45) is 0 Å². The van der Waals surface area contributed by atoms with Crippen molar-refractivity contribution < 1.29 is 34.4 Å². The number of rotatable bonds is 8. The number of aromatic nitrogens is 4. The first-order valence-corrected chi connectivity index (χ1v) is 14.4. The van der Waals surface area contributed by atoms with Crippen LogP contribution in [-0.2, 0) is 10.3 Å². The first kappa shape index (κ1) is 29.7. The van der Waals surface area contributed by atoms with Gasteiger partial charge in [0.05, 0.1) is 12.0 Å². The molecular formula is C31H24IN5O7. The molecule has 13 heteroatoms. The second-order valence-corrected chi connectivity index (χ2v) is 11.4. The van der Waals surface area contributed by atoms with Gasteiger partial charge in [-0.2, -0.15) is 5.10 Å². The topological polar surface area (TPSA) is 202 Å². The Morgan fingerprint density at radius 1 is 0.864 bits per heavy atom. The first-order chi connectivity index (χ1) is 21.0. The number of carbonyl (C=O) groups excluding carboxylic acids is 3. The monoisotopic (exact) mass is 705 g/mol. The molecule has 222 valence electrons. The second-order valence-electron chi connectivity index (χ2n) is 10.3.